The zero-order valence-corrected chi connectivity index (χ0v) is 9.89. The van der Waals surface area contributed by atoms with Crippen molar-refractivity contribution in [3.05, 3.63) is 0 Å². The average Bonchev–Trinajstić information content (AvgIpc) is 2.22. The summed E-state index contributed by atoms with van der Waals surface area (Å²) in [5.41, 5.74) is 5.43. The average molecular weight is 219 g/mol. The molecule has 0 spiro atoms. The molecule has 0 aromatic heterocycles. The van der Waals surface area contributed by atoms with Crippen molar-refractivity contribution in [1.82, 2.24) is 4.90 Å². The van der Waals surface area contributed by atoms with Crippen molar-refractivity contribution in [2.75, 3.05) is 31.1 Å². The summed E-state index contributed by atoms with van der Waals surface area (Å²) in [5, 5.41) is 11.4. The zero-order chi connectivity index (χ0) is 10.8. The normalized spacial score (nSPS) is 12.4. The predicted molar refractivity (Wildman–Crippen MR) is 63.1 cm³/mol. The zero-order valence-electron chi connectivity index (χ0n) is 9.07. The number of nitrogens with two attached hydrogens (primary N) is 1. The van der Waals surface area contributed by atoms with Crippen molar-refractivity contribution in [1.29, 1.82) is 0 Å². The summed E-state index contributed by atoms with van der Waals surface area (Å²) < 4.78 is 0. The SMILES string of the molecule is CCSCCCN(CC)CC(N)=NO. The number of hydrogen-bond donors (Lipinski definition) is 2. The van der Waals surface area contributed by atoms with Crippen molar-refractivity contribution in [3.63, 3.8) is 0 Å². The van der Waals surface area contributed by atoms with Gasteiger partial charge in [0.2, 0.25) is 0 Å². The lowest BCUT2D eigenvalue weighted by Gasteiger charge is -2.18. The molecule has 0 heterocycles. The second kappa shape index (κ2) is 9.15. The number of hydrogen-bond acceptors (Lipinski definition) is 4. The summed E-state index contributed by atoms with van der Waals surface area (Å²) in [7, 11) is 0. The fourth-order valence-electron chi connectivity index (χ4n) is 1.14. The molecule has 84 valence electrons. The Labute approximate surface area is 90.5 Å². The maximum absolute atomic E-state index is 8.42. The van der Waals surface area contributed by atoms with Gasteiger partial charge in [-0.1, -0.05) is 19.0 Å². The Morgan fingerprint density at radius 3 is 2.71 bits per heavy atom. The lowest BCUT2D eigenvalue weighted by molar-refractivity contribution is 0.299. The van der Waals surface area contributed by atoms with Gasteiger partial charge in [0.1, 0.15) is 0 Å². The summed E-state index contributed by atoms with van der Waals surface area (Å²) in [4.78, 5) is 2.17. The van der Waals surface area contributed by atoms with Crippen molar-refractivity contribution in [2.24, 2.45) is 10.9 Å². The van der Waals surface area contributed by atoms with Gasteiger partial charge in [-0.2, -0.15) is 11.8 Å². The first-order valence-electron chi connectivity index (χ1n) is 5.01. The molecule has 5 heteroatoms. The summed E-state index contributed by atoms with van der Waals surface area (Å²) in [6.45, 7) is 6.76. The van der Waals surface area contributed by atoms with Crippen LogP contribution < -0.4 is 5.73 Å². The van der Waals surface area contributed by atoms with Crippen LogP contribution in [0.2, 0.25) is 0 Å². The van der Waals surface area contributed by atoms with Crippen molar-refractivity contribution >= 4 is 17.6 Å². The molecule has 0 unspecified atom stereocenters. The molecule has 0 rings (SSSR count). The molecular formula is C9H21N3OS. The molecule has 0 fully saturated rings. The topological polar surface area (TPSA) is 61.8 Å². The molecule has 0 bridgehead atoms. The minimum Gasteiger partial charge on any atom is -0.409 e. The third kappa shape index (κ3) is 7.03. The van der Waals surface area contributed by atoms with E-state index in [1.165, 1.54) is 11.5 Å². The quantitative estimate of drug-likeness (QED) is 0.212. The second-order valence-corrected chi connectivity index (χ2v) is 4.40. The molecule has 0 aliphatic rings. The van der Waals surface area contributed by atoms with E-state index in [4.69, 9.17) is 10.9 Å². The van der Waals surface area contributed by atoms with Crippen LogP contribution in [0.25, 0.3) is 0 Å². The standard InChI is InChI=1S/C9H21N3OS/c1-3-12(8-9(10)11-13)6-5-7-14-4-2/h13H,3-8H2,1-2H3,(H2,10,11). The van der Waals surface area contributed by atoms with Gasteiger partial charge in [-0.15, -0.1) is 0 Å². The van der Waals surface area contributed by atoms with Crippen LogP contribution in [0.4, 0.5) is 0 Å². The van der Waals surface area contributed by atoms with Crippen molar-refractivity contribution in [3.8, 4) is 0 Å². The summed E-state index contributed by atoms with van der Waals surface area (Å²) >= 11 is 1.95. The van der Waals surface area contributed by atoms with E-state index in [2.05, 4.69) is 23.9 Å². The van der Waals surface area contributed by atoms with Gasteiger partial charge in [0.25, 0.3) is 0 Å². The molecule has 0 aliphatic heterocycles. The van der Waals surface area contributed by atoms with Crippen LogP contribution in [0, 0.1) is 0 Å². The number of thioether (sulfide) groups is 1. The van der Waals surface area contributed by atoms with Crippen LogP contribution in [-0.4, -0.2) is 47.1 Å². The highest BCUT2D eigenvalue weighted by molar-refractivity contribution is 7.99. The maximum atomic E-state index is 8.42. The number of nitrogens with zero attached hydrogens (tertiary/aromatic N) is 2. The van der Waals surface area contributed by atoms with Crippen LogP contribution in [0.1, 0.15) is 20.3 Å². The lowest BCUT2D eigenvalue weighted by Crippen LogP contribution is -2.34. The van der Waals surface area contributed by atoms with E-state index in [0.29, 0.717) is 6.54 Å². The monoisotopic (exact) mass is 219 g/mol. The van der Waals surface area contributed by atoms with Gasteiger partial charge < -0.3 is 10.9 Å². The molecule has 0 amide bonds. The Morgan fingerprint density at radius 2 is 2.21 bits per heavy atom. The highest BCUT2D eigenvalue weighted by atomic mass is 32.2. The molecule has 0 aromatic carbocycles. The van der Waals surface area contributed by atoms with Crippen LogP contribution in [0.3, 0.4) is 0 Å². The van der Waals surface area contributed by atoms with Crippen LogP contribution >= 0.6 is 11.8 Å². The smallest absolute Gasteiger partial charge is 0.153 e. The minimum atomic E-state index is 0.287. The first kappa shape index (κ1) is 13.6. The third-order valence-corrected chi connectivity index (χ3v) is 2.91. The van der Waals surface area contributed by atoms with Gasteiger partial charge in [-0.25, -0.2) is 0 Å². The van der Waals surface area contributed by atoms with Gasteiger partial charge in [0, 0.05) is 0 Å². The van der Waals surface area contributed by atoms with E-state index in [-0.39, 0.29) is 5.84 Å². The van der Waals surface area contributed by atoms with Gasteiger partial charge in [0.05, 0.1) is 6.54 Å². The predicted octanol–water partition coefficient (Wildman–Crippen LogP) is 1.20. The highest BCUT2D eigenvalue weighted by Gasteiger charge is 2.04. The Hall–Kier alpha value is -0.420. The Morgan fingerprint density at radius 1 is 1.50 bits per heavy atom. The molecule has 14 heavy (non-hydrogen) atoms. The first-order valence-corrected chi connectivity index (χ1v) is 6.16. The maximum Gasteiger partial charge on any atom is 0.153 e. The molecule has 0 saturated carbocycles. The lowest BCUT2D eigenvalue weighted by atomic mass is 10.4. The number of rotatable bonds is 8. The van der Waals surface area contributed by atoms with E-state index in [9.17, 15) is 0 Å². The fourth-order valence-corrected chi connectivity index (χ4v) is 1.77. The van der Waals surface area contributed by atoms with Crippen LogP contribution in [0.15, 0.2) is 5.16 Å². The van der Waals surface area contributed by atoms with Gasteiger partial charge >= 0.3 is 0 Å². The second-order valence-electron chi connectivity index (χ2n) is 3.01. The Kier molecular flexibility index (Phi) is 8.87. The minimum absolute atomic E-state index is 0.287. The van der Waals surface area contributed by atoms with Gasteiger partial charge in [0.15, 0.2) is 5.84 Å². The number of amidine groups is 1. The van der Waals surface area contributed by atoms with E-state index in [0.717, 1.165) is 19.5 Å². The Bertz CT molecular complexity index is 164. The van der Waals surface area contributed by atoms with Crippen LogP contribution in [-0.2, 0) is 0 Å². The Balaban J connectivity index is 3.58. The first-order chi connectivity index (χ1) is 6.74. The van der Waals surface area contributed by atoms with E-state index in [1.807, 2.05) is 11.8 Å². The van der Waals surface area contributed by atoms with Crippen molar-refractivity contribution < 1.29 is 5.21 Å². The third-order valence-electron chi connectivity index (χ3n) is 1.93. The fraction of sp³-hybridized carbons (Fsp3) is 0.889. The largest absolute Gasteiger partial charge is 0.409 e. The number of oxime groups is 1. The summed E-state index contributed by atoms with van der Waals surface area (Å²) in [6, 6.07) is 0. The molecule has 0 atom stereocenters. The van der Waals surface area contributed by atoms with Gasteiger partial charge in [-0.3, -0.25) is 4.90 Å². The summed E-state index contributed by atoms with van der Waals surface area (Å²) in [6.07, 6.45) is 1.16. The summed E-state index contributed by atoms with van der Waals surface area (Å²) in [5.74, 6) is 2.64. The highest BCUT2D eigenvalue weighted by Crippen LogP contribution is 2.02. The molecule has 0 radical (unpaired) electrons. The van der Waals surface area contributed by atoms with E-state index < -0.39 is 0 Å². The molecule has 0 aliphatic carbocycles. The molecule has 0 aromatic rings. The molecule has 4 nitrogen and oxygen atoms in total. The number of likely N-dealkylation sites (N-methyl/N-ethyl adjacent to an activating group) is 1. The van der Waals surface area contributed by atoms with Crippen LogP contribution in [0.5, 0.6) is 0 Å². The molecule has 0 saturated heterocycles. The molecule has 3 N–H and O–H groups in total. The van der Waals surface area contributed by atoms with Gasteiger partial charge in [-0.05, 0) is 31.0 Å². The van der Waals surface area contributed by atoms with Crippen molar-refractivity contribution in [2.45, 2.75) is 20.3 Å². The van der Waals surface area contributed by atoms with E-state index >= 15 is 0 Å². The van der Waals surface area contributed by atoms with E-state index in [1.54, 1.807) is 0 Å². The molecular weight excluding hydrogens is 198 g/mol.